The van der Waals surface area contributed by atoms with Crippen LogP contribution in [0.3, 0.4) is 0 Å². The van der Waals surface area contributed by atoms with Crippen LogP contribution < -0.4 is 24.0 Å². The van der Waals surface area contributed by atoms with Crippen LogP contribution >= 0.6 is 0 Å². The zero-order valence-corrected chi connectivity index (χ0v) is 30.7. The Hall–Kier alpha value is -3.74. The fourth-order valence-electron chi connectivity index (χ4n) is 5.26. The van der Waals surface area contributed by atoms with Gasteiger partial charge in [0.2, 0.25) is 5.82 Å². The average Bonchev–Trinajstić information content (AvgIpc) is 3.54. The van der Waals surface area contributed by atoms with Crippen LogP contribution in [-0.2, 0) is 28.7 Å². The van der Waals surface area contributed by atoms with Crippen LogP contribution in [0.4, 0.5) is 0 Å². The molecule has 0 aliphatic carbocycles. The Balaban J connectivity index is 0.000000321. The number of aromatic nitrogens is 6. The van der Waals surface area contributed by atoms with E-state index in [9.17, 15) is 14.7 Å². The first-order valence-electron chi connectivity index (χ1n) is 15.7. The van der Waals surface area contributed by atoms with Crippen molar-refractivity contribution in [3.63, 3.8) is 0 Å². The van der Waals surface area contributed by atoms with E-state index in [0.717, 1.165) is 22.3 Å². The number of aromatic carboxylic acids is 1. The minimum absolute atomic E-state index is 0. The summed E-state index contributed by atoms with van der Waals surface area (Å²) in [6, 6.07) is 8.47. The molecule has 4 aromatic rings. The molecule has 0 atom stereocenters. The van der Waals surface area contributed by atoms with Gasteiger partial charge in [-0.05, 0) is 81.8 Å². The molecule has 0 aliphatic rings. The summed E-state index contributed by atoms with van der Waals surface area (Å²) in [4.78, 5) is 32.2. The molecule has 248 valence electrons. The molecule has 0 fully saturated rings. The van der Waals surface area contributed by atoms with Crippen molar-refractivity contribution in [3.05, 3.63) is 92.1 Å². The van der Waals surface area contributed by atoms with Gasteiger partial charge in [0, 0.05) is 10.8 Å². The monoisotopic (exact) mass is 636 g/mol. The minimum atomic E-state index is -1.30. The molecule has 0 radical (unpaired) electrons. The van der Waals surface area contributed by atoms with Crippen molar-refractivity contribution < 1.29 is 38.3 Å². The molecule has 0 saturated carbocycles. The normalized spacial score (nSPS) is 11.4. The summed E-state index contributed by atoms with van der Waals surface area (Å²) in [6.45, 7) is 27.3. The Morgan fingerprint density at radius 1 is 0.681 bits per heavy atom. The summed E-state index contributed by atoms with van der Waals surface area (Å²) >= 11 is 0. The van der Waals surface area contributed by atoms with Crippen molar-refractivity contribution in [3.8, 4) is 0 Å². The van der Waals surface area contributed by atoms with Crippen molar-refractivity contribution in [1.29, 1.82) is 0 Å². The molecule has 0 bridgehead atoms. The maximum atomic E-state index is 12.3. The van der Waals surface area contributed by atoms with Crippen molar-refractivity contribution in [2.45, 2.75) is 114 Å². The van der Waals surface area contributed by atoms with Crippen LogP contribution in [0, 0.1) is 41.5 Å². The van der Waals surface area contributed by atoms with E-state index in [2.05, 4.69) is 65.2 Å². The Labute approximate surface area is 291 Å². The van der Waals surface area contributed by atoms with Crippen LogP contribution in [-0.4, -0.2) is 48.1 Å². The van der Waals surface area contributed by atoms with Crippen LogP contribution in [0.2, 0.25) is 0 Å². The molecule has 0 unspecified atom stereocenters. The third kappa shape index (κ3) is 9.88. The van der Waals surface area contributed by atoms with E-state index in [0.29, 0.717) is 31.3 Å². The second-order valence-electron chi connectivity index (χ2n) is 14.1. The van der Waals surface area contributed by atoms with E-state index < -0.39 is 11.9 Å². The smallest absolute Gasteiger partial charge is 0.542 e. The molecule has 4 rings (SSSR count). The Bertz CT molecular complexity index is 1690. The number of carboxylic acids is 1. The van der Waals surface area contributed by atoms with Gasteiger partial charge in [0.05, 0.1) is 19.7 Å². The molecule has 10 nitrogen and oxygen atoms in total. The standard InChI is InChI=1S/C19H27N3O2.C17H23N3O2.Li/c1-8-24-17(23)16-20-18(19(5,6)7)21-22(16)11-15-13(3)9-12(2)10-14(15)4;1-10-7-11(2)13(12(3)8-10)9-20-14(15(21)22)18-16(19-20)17(4,5)6;/h9-10H,8,11H2,1-7H3;7-8H,9H2,1-6H3,(H,21,22);/q;;+1/p-1. The molecule has 0 N–H and O–H groups in total. The zero-order chi connectivity index (χ0) is 34.7. The van der Waals surface area contributed by atoms with Gasteiger partial charge in [-0.2, -0.15) is 10.2 Å². The zero-order valence-electron chi connectivity index (χ0n) is 30.7. The van der Waals surface area contributed by atoms with E-state index >= 15 is 0 Å². The van der Waals surface area contributed by atoms with Gasteiger partial charge in [-0.3, -0.25) is 0 Å². The summed E-state index contributed by atoms with van der Waals surface area (Å²) in [5, 5.41) is 20.3. The summed E-state index contributed by atoms with van der Waals surface area (Å²) in [7, 11) is 0. The van der Waals surface area contributed by atoms with Gasteiger partial charge in [0.25, 0.3) is 0 Å². The van der Waals surface area contributed by atoms with Gasteiger partial charge in [0.1, 0.15) is 5.97 Å². The number of rotatable bonds is 7. The number of carboxylic acid groups (broad SMARTS) is 1. The van der Waals surface area contributed by atoms with E-state index in [1.165, 1.54) is 26.9 Å². The van der Waals surface area contributed by atoms with Crippen LogP contribution in [0.5, 0.6) is 0 Å². The number of esters is 1. The maximum Gasteiger partial charge on any atom is 1.00 e. The quantitative estimate of drug-likeness (QED) is 0.224. The molecule has 0 saturated heterocycles. The van der Waals surface area contributed by atoms with E-state index in [4.69, 9.17) is 4.74 Å². The van der Waals surface area contributed by atoms with E-state index in [1.54, 1.807) is 11.6 Å². The van der Waals surface area contributed by atoms with E-state index in [1.807, 2.05) is 62.3 Å². The van der Waals surface area contributed by atoms with Crippen LogP contribution in [0.1, 0.15) is 126 Å². The molecule has 2 aromatic heterocycles. The Morgan fingerprint density at radius 3 is 1.34 bits per heavy atom. The fraction of sp³-hybridized carbons (Fsp3) is 0.500. The molecular weight excluding hydrogens is 587 g/mol. The van der Waals surface area contributed by atoms with Gasteiger partial charge in [-0.1, -0.05) is 76.9 Å². The number of aryl methyl sites for hydroxylation is 6. The SMILES string of the molecule is CCOC(=O)c1nc(C(C)(C)C)nn1Cc1c(C)cc(C)cc1C.Cc1cc(C)c(Cn2nc(C(C)(C)C)nc2C(=O)[O-])c(C)c1.[Li+]. The molecule has 2 aromatic carbocycles. The van der Waals surface area contributed by atoms with Gasteiger partial charge < -0.3 is 14.6 Å². The largest absolute Gasteiger partial charge is 1.00 e. The number of hydrogen-bond donors (Lipinski definition) is 0. The van der Waals surface area contributed by atoms with Gasteiger partial charge in [-0.15, -0.1) is 0 Å². The Morgan fingerprint density at radius 2 is 1.02 bits per heavy atom. The van der Waals surface area contributed by atoms with Crippen LogP contribution in [0.25, 0.3) is 0 Å². The van der Waals surface area contributed by atoms with Crippen molar-refractivity contribution in [1.82, 2.24) is 29.5 Å². The number of hydrogen-bond acceptors (Lipinski definition) is 8. The predicted octanol–water partition coefficient (Wildman–Crippen LogP) is 2.64. The topological polar surface area (TPSA) is 128 Å². The average molecular weight is 637 g/mol. The summed E-state index contributed by atoms with van der Waals surface area (Å²) in [5.74, 6) is -0.430. The summed E-state index contributed by atoms with van der Waals surface area (Å²) in [6.07, 6.45) is 0. The van der Waals surface area contributed by atoms with Gasteiger partial charge in [-0.25, -0.2) is 24.1 Å². The second-order valence-corrected chi connectivity index (χ2v) is 14.1. The first-order valence-corrected chi connectivity index (χ1v) is 15.7. The maximum absolute atomic E-state index is 12.3. The molecule has 2 heterocycles. The molecule has 0 spiro atoms. The molecule has 47 heavy (non-hydrogen) atoms. The summed E-state index contributed by atoms with van der Waals surface area (Å²) in [5.41, 5.74) is 8.72. The fourth-order valence-corrected chi connectivity index (χ4v) is 5.26. The molecule has 0 aliphatic heterocycles. The van der Waals surface area contributed by atoms with Crippen LogP contribution in [0.15, 0.2) is 24.3 Å². The molecule has 11 heteroatoms. The number of ether oxygens (including phenoxy) is 1. The summed E-state index contributed by atoms with van der Waals surface area (Å²) < 4.78 is 8.25. The number of nitrogens with zero attached hydrogens (tertiary/aromatic N) is 6. The third-order valence-corrected chi connectivity index (χ3v) is 7.62. The van der Waals surface area contributed by atoms with Crippen molar-refractivity contribution in [2.24, 2.45) is 0 Å². The number of carbonyl (C=O) groups excluding carboxylic acids is 2. The first-order chi connectivity index (χ1) is 21.2. The van der Waals surface area contributed by atoms with Gasteiger partial charge >= 0.3 is 24.8 Å². The first kappa shape index (κ1) is 39.4. The minimum Gasteiger partial charge on any atom is -0.542 e. The number of carbonyl (C=O) groups is 2. The predicted molar refractivity (Wildman–Crippen MR) is 177 cm³/mol. The molecule has 0 amide bonds. The van der Waals surface area contributed by atoms with Crippen molar-refractivity contribution >= 4 is 11.9 Å². The Kier molecular flexibility index (Phi) is 13.0. The number of benzene rings is 2. The molecular formula is C36H49LiN6O4. The van der Waals surface area contributed by atoms with Gasteiger partial charge in [0.15, 0.2) is 17.5 Å². The van der Waals surface area contributed by atoms with Crippen molar-refractivity contribution in [2.75, 3.05) is 6.61 Å². The third-order valence-electron chi connectivity index (χ3n) is 7.62. The van der Waals surface area contributed by atoms with E-state index in [-0.39, 0.29) is 41.3 Å². The second kappa shape index (κ2) is 15.4.